The minimum absolute atomic E-state index is 0.0353. The van der Waals surface area contributed by atoms with Crippen LogP contribution in [-0.2, 0) is 0 Å². The third-order valence-electron chi connectivity index (χ3n) is 3.49. The van der Waals surface area contributed by atoms with Gasteiger partial charge in [-0.05, 0) is 18.2 Å². The Bertz CT molecular complexity index is 617. The molecular weight excluding hydrogens is 265 g/mol. The summed E-state index contributed by atoms with van der Waals surface area (Å²) in [5, 5.41) is 0.372. The van der Waals surface area contributed by atoms with Crippen LogP contribution in [0.3, 0.4) is 0 Å². The van der Waals surface area contributed by atoms with Gasteiger partial charge in [0.15, 0.2) is 0 Å². The Balaban J connectivity index is 1.95. The highest BCUT2D eigenvalue weighted by Crippen LogP contribution is 2.40. The molecule has 1 aliphatic heterocycles. The van der Waals surface area contributed by atoms with E-state index in [-0.39, 0.29) is 11.7 Å². The number of ether oxygens (including phenoxy) is 1. The second-order valence-corrected chi connectivity index (χ2v) is 5.08. The number of hydrogen-bond donors (Lipinski definition) is 1. The van der Waals surface area contributed by atoms with Crippen molar-refractivity contribution in [2.24, 2.45) is 5.73 Å². The molecule has 0 radical (unpaired) electrons. The van der Waals surface area contributed by atoms with E-state index in [1.165, 1.54) is 6.07 Å². The van der Waals surface area contributed by atoms with Crippen molar-refractivity contribution in [1.29, 1.82) is 0 Å². The van der Waals surface area contributed by atoms with Crippen LogP contribution in [0.4, 0.5) is 4.39 Å². The van der Waals surface area contributed by atoms with Gasteiger partial charge >= 0.3 is 0 Å². The third-order valence-corrected chi connectivity index (χ3v) is 3.73. The van der Waals surface area contributed by atoms with E-state index in [2.05, 4.69) is 0 Å². The first-order valence-corrected chi connectivity index (χ1v) is 6.47. The van der Waals surface area contributed by atoms with E-state index in [1.807, 2.05) is 24.3 Å². The number of halogens is 2. The van der Waals surface area contributed by atoms with Crippen molar-refractivity contribution < 1.29 is 9.13 Å². The molecular formula is C15H13ClFNO. The monoisotopic (exact) mass is 277 g/mol. The summed E-state index contributed by atoms with van der Waals surface area (Å²) in [5.41, 5.74) is 7.70. The van der Waals surface area contributed by atoms with E-state index in [0.29, 0.717) is 17.2 Å². The fourth-order valence-corrected chi connectivity index (χ4v) is 2.63. The number of para-hydroxylation sites is 1. The Morgan fingerprint density at radius 2 is 2.05 bits per heavy atom. The van der Waals surface area contributed by atoms with Gasteiger partial charge in [-0.1, -0.05) is 35.9 Å². The molecule has 1 aliphatic rings. The molecule has 3 rings (SSSR count). The molecule has 0 saturated carbocycles. The summed E-state index contributed by atoms with van der Waals surface area (Å²) in [7, 11) is 0. The van der Waals surface area contributed by atoms with Crippen LogP contribution < -0.4 is 10.5 Å². The van der Waals surface area contributed by atoms with E-state index in [1.54, 1.807) is 12.1 Å². The lowest BCUT2D eigenvalue weighted by molar-refractivity contribution is 0.313. The number of benzene rings is 2. The Kier molecular flexibility index (Phi) is 3.17. The Morgan fingerprint density at radius 1 is 1.26 bits per heavy atom. The lowest BCUT2D eigenvalue weighted by Crippen LogP contribution is -2.22. The predicted molar refractivity (Wildman–Crippen MR) is 73.0 cm³/mol. The fraction of sp³-hybridized carbons (Fsp3) is 0.200. The summed E-state index contributed by atoms with van der Waals surface area (Å²) in [5.74, 6) is 0.425. The van der Waals surface area contributed by atoms with Crippen LogP contribution in [0, 0.1) is 5.82 Å². The van der Waals surface area contributed by atoms with Crippen molar-refractivity contribution in [3.8, 4) is 5.75 Å². The Hall–Kier alpha value is -1.58. The first-order valence-electron chi connectivity index (χ1n) is 6.09. The molecule has 1 heterocycles. The summed E-state index contributed by atoms with van der Waals surface area (Å²) >= 11 is 5.76. The second kappa shape index (κ2) is 4.83. The van der Waals surface area contributed by atoms with Gasteiger partial charge in [0.05, 0.1) is 6.61 Å². The molecule has 2 atom stereocenters. The quantitative estimate of drug-likeness (QED) is 0.909. The van der Waals surface area contributed by atoms with Crippen LogP contribution in [0.1, 0.15) is 23.1 Å². The lowest BCUT2D eigenvalue weighted by Gasteiger charge is -2.19. The molecule has 2 aromatic carbocycles. The maximum absolute atomic E-state index is 13.9. The molecule has 2 unspecified atom stereocenters. The smallest absolute Gasteiger partial charge is 0.129 e. The zero-order valence-corrected chi connectivity index (χ0v) is 10.9. The van der Waals surface area contributed by atoms with E-state index >= 15 is 0 Å². The maximum Gasteiger partial charge on any atom is 0.129 e. The molecule has 0 fully saturated rings. The molecule has 19 heavy (non-hydrogen) atoms. The van der Waals surface area contributed by atoms with Crippen LogP contribution in [-0.4, -0.2) is 6.61 Å². The maximum atomic E-state index is 13.9. The summed E-state index contributed by atoms with van der Waals surface area (Å²) < 4.78 is 19.5. The topological polar surface area (TPSA) is 35.2 Å². The molecule has 0 aromatic heterocycles. The standard InChI is InChI=1S/C15H13ClFNO/c16-9-5-6-11(13(17)7-9)15(18)12-8-19-14-4-2-1-3-10(12)14/h1-7,12,15H,8,18H2. The van der Waals surface area contributed by atoms with Crippen LogP contribution in [0.15, 0.2) is 42.5 Å². The van der Waals surface area contributed by atoms with Crippen LogP contribution >= 0.6 is 11.6 Å². The molecule has 2 aromatic rings. The van der Waals surface area contributed by atoms with Crippen molar-refractivity contribution in [3.05, 3.63) is 64.4 Å². The van der Waals surface area contributed by atoms with Gasteiger partial charge in [0, 0.05) is 28.1 Å². The molecule has 2 N–H and O–H groups in total. The third kappa shape index (κ3) is 2.20. The normalized spacial score (nSPS) is 18.8. The highest BCUT2D eigenvalue weighted by Gasteiger charge is 2.31. The minimum Gasteiger partial charge on any atom is -0.493 e. The van der Waals surface area contributed by atoms with Gasteiger partial charge in [-0.3, -0.25) is 0 Å². The van der Waals surface area contributed by atoms with E-state index in [4.69, 9.17) is 22.1 Å². The van der Waals surface area contributed by atoms with E-state index in [9.17, 15) is 4.39 Å². The number of hydrogen-bond acceptors (Lipinski definition) is 2. The second-order valence-electron chi connectivity index (χ2n) is 4.65. The minimum atomic E-state index is -0.444. The molecule has 0 spiro atoms. The highest BCUT2D eigenvalue weighted by molar-refractivity contribution is 6.30. The SMILES string of the molecule is NC(c1ccc(Cl)cc1F)C1COc2ccccc21. The first-order chi connectivity index (χ1) is 9.16. The summed E-state index contributed by atoms with van der Waals surface area (Å²) in [6, 6.07) is 11.9. The predicted octanol–water partition coefficient (Wildman–Crippen LogP) is 3.66. The molecule has 2 nitrogen and oxygen atoms in total. The van der Waals surface area contributed by atoms with Gasteiger partial charge in [0.1, 0.15) is 11.6 Å². The van der Waals surface area contributed by atoms with Gasteiger partial charge in [-0.25, -0.2) is 4.39 Å². The lowest BCUT2D eigenvalue weighted by atomic mass is 9.89. The van der Waals surface area contributed by atoms with Gasteiger partial charge in [0.2, 0.25) is 0 Å². The number of nitrogens with two attached hydrogens (primary N) is 1. The molecule has 0 amide bonds. The molecule has 0 bridgehead atoms. The van der Waals surface area contributed by atoms with Crippen molar-refractivity contribution in [2.45, 2.75) is 12.0 Å². The molecule has 0 saturated heterocycles. The van der Waals surface area contributed by atoms with E-state index < -0.39 is 6.04 Å². The van der Waals surface area contributed by atoms with Gasteiger partial charge in [-0.15, -0.1) is 0 Å². The van der Waals surface area contributed by atoms with Gasteiger partial charge in [-0.2, -0.15) is 0 Å². The van der Waals surface area contributed by atoms with Gasteiger partial charge in [0.25, 0.3) is 0 Å². The first kappa shape index (κ1) is 12.5. The van der Waals surface area contributed by atoms with Crippen molar-refractivity contribution in [2.75, 3.05) is 6.61 Å². The summed E-state index contributed by atoms with van der Waals surface area (Å²) in [4.78, 5) is 0. The molecule has 0 aliphatic carbocycles. The number of rotatable bonds is 2. The average molecular weight is 278 g/mol. The van der Waals surface area contributed by atoms with Crippen molar-refractivity contribution in [1.82, 2.24) is 0 Å². The van der Waals surface area contributed by atoms with Crippen LogP contribution in [0.25, 0.3) is 0 Å². The fourth-order valence-electron chi connectivity index (χ4n) is 2.47. The Labute approximate surface area is 115 Å². The average Bonchev–Trinajstić information content (AvgIpc) is 2.82. The van der Waals surface area contributed by atoms with Crippen molar-refractivity contribution in [3.63, 3.8) is 0 Å². The van der Waals surface area contributed by atoms with Crippen LogP contribution in [0.5, 0.6) is 5.75 Å². The van der Waals surface area contributed by atoms with Gasteiger partial charge < -0.3 is 10.5 Å². The number of fused-ring (bicyclic) bond motifs is 1. The molecule has 98 valence electrons. The zero-order valence-electron chi connectivity index (χ0n) is 10.1. The van der Waals surface area contributed by atoms with Crippen molar-refractivity contribution >= 4 is 11.6 Å². The Morgan fingerprint density at radius 3 is 2.84 bits per heavy atom. The van der Waals surface area contributed by atoms with E-state index in [0.717, 1.165) is 11.3 Å². The van der Waals surface area contributed by atoms with Crippen LogP contribution in [0.2, 0.25) is 5.02 Å². The summed E-state index contributed by atoms with van der Waals surface area (Å²) in [6.45, 7) is 0.475. The zero-order chi connectivity index (χ0) is 13.4. The summed E-state index contributed by atoms with van der Waals surface area (Å²) in [6.07, 6.45) is 0. The molecule has 4 heteroatoms. The largest absolute Gasteiger partial charge is 0.493 e. The highest BCUT2D eigenvalue weighted by atomic mass is 35.5.